The number of benzene rings is 1. The van der Waals surface area contributed by atoms with Gasteiger partial charge in [-0.2, -0.15) is 0 Å². The van der Waals surface area contributed by atoms with Gasteiger partial charge in [0.05, 0.1) is 6.42 Å². The minimum atomic E-state index is -1.13. The lowest BCUT2D eigenvalue weighted by Gasteiger charge is -2.30. The van der Waals surface area contributed by atoms with Gasteiger partial charge >= 0.3 is 0 Å². The highest BCUT2D eigenvalue weighted by Gasteiger charge is 2.33. The Morgan fingerprint density at radius 2 is 1.75 bits per heavy atom. The molecule has 0 saturated heterocycles. The Hall–Kier alpha value is -1.26. The Labute approximate surface area is 94.2 Å². The van der Waals surface area contributed by atoms with Crippen LogP contribution in [0, 0.1) is 5.82 Å². The van der Waals surface area contributed by atoms with Crippen LogP contribution in [0.15, 0.2) is 24.3 Å². The minimum Gasteiger partial charge on any atom is -0.349 e. The van der Waals surface area contributed by atoms with Crippen molar-refractivity contribution >= 4 is 5.78 Å². The second kappa shape index (κ2) is 5.18. The molecule has 0 spiro atoms. The van der Waals surface area contributed by atoms with Crippen molar-refractivity contribution in [3.63, 3.8) is 0 Å². The van der Waals surface area contributed by atoms with Gasteiger partial charge < -0.3 is 9.47 Å². The predicted molar refractivity (Wildman–Crippen MR) is 57.4 cm³/mol. The van der Waals surface area contributed by atoms with E-state index in [4.69, 9.17) is 9.47 Å². The predicted octanol–water partition coefficient (Wildman–Crippen LogP) is 2.25. The highest BCUT2D eigenvalue weighted by molar-refractivity contribution is 5.76. The van der Waals surface area contributed by atoms with Gasteiger partial charge in [0.15, 0.2) is 0 Å². The third-order valence-electron chi connectivity index (χ3n) is 2.43. The van der Waals surface area contributed by atoms with Crippen LogP contribution in [0.1, 0.15) is 18.9 Å². The summed E-state index contributed by atoms with van der Waals surface area (Å²) in [4.78, 5) is 11.2. The number of halogens is 1. The monoisotopic (exact) mass is 226 g/mol. The first-order valence-corrected chi connectivity index (χ1v) is 4.90. The molecule has 3 nitrogen and oxygen atoms in total. The number of Topliss-reactive ketones (excluding diaryl/α,β-unsaturated/α-hetero) is 1. The lowest BCUT2D eigenvalue weighted by Crippen LogP contribution is -2.33. The summed E-state index contributed by atoms with van der Waals surface area (Å²) in [5.74, 6) is -1.53. The number of rotatable bonds is 5. The van der Waals surface area contributed by atoms with Crippen LogP contribution in [0.3, 0.4) is 0 Å². The quantitative estimate of drug-likeness (QED) is 0.722. The van der Waals surface area contributed by atoms with Crippen molar-refractivity contribution in [2.45, 2.75) is 19.1 Å². The van der Waals surface area contributed by atoms with E-state index in [-0.39, 0.29) is 18.0 Å². The Balaban J connectivity index is 3.09. The zero-order valence-electron chi connectivity index (χ0n) is 9.62. The molecule has 0 fully saturated rings. The van der Waals surface area contributed by atoms with Crippen LogP contribution in [-0.2, 0) is 20.1 Å². The van der Waals surface area contributed by atoms with E-state index in [9.17, 15) is 9.18 Å². The van der Waals surface area contributed by atoms with Gasteiger partial charge in [-0.1, -0.05) is 12.1 Å². The highest BCUT2D eigenvalue weighted by atomic mass is 19.1. The lowest BCUT2D eigenvalue weighted by molar-refractivity contribution is -0.218. The maximum atomic E-state index is 12.8. The average Bonchev–Trinajstić information content (AvgIpc) is 2.27. The van der Waals surface area contributed by atoms with E-state index in [1.165, 1.54) is 33.3 Å². The van der Waals surface area contributed by atoms with Crippen LogP contribution in [0.5, 0.6) is 0 Å². The normalized spacial score (nSPS) is 11.5. The summed E-state index contributed by atoms with van der Waals surface area (Å²) in [6.07, 6.45) is 0.0889. The summed E-state index contributed by atoms with van der Waals surface area (Å²) in [5.41, 5.74) is 0.620. The number of methoxy groups -OCH3 is 2. The van der Waals surface area contributed by atoms with E-state index >= 15 is 0 Å². The van der Waals surface area contributed by atoms with E-state index in [1.807, 2.05) is 0 Å². The molecule has 1 aromatic rings. The van der Waals surface area contributed by atoms with Crippen molar-refractivity contribution in [3.8, 4) is 0 Å². The van der Waals surface area contributed by atoms with Crippen molar-refractivity contribution in [2.24, 2.45) is 0 Å². The van der Waals surface area contributed by atoms with Crippen molar-refractivity contribution in [2.75, 3.05) is 14.2 Å². The van der Waals surface area contributed by atoms with Gasteiger partial charge in [0, 0.05) is 19.8 Å². The van der Waals surface area contributed by atoms with Crippen LogP contribution >= 0.6 is 0 Å². The summed E-state index contributed by atoms with van der Waals surface area (Å²) in [6.45, 7) is 1.45. The molecule has 0 heterocycles. The maximum Gasteiger partial charge on any atom is 0.201 e. The number of hydrogen-bond donors (Lipinski definition) is 0. The van der Waals surface area contributed by atoms with Gasteiger partial charge in [0.25, 0.3) is 0 Å². The van der Waals surface area contributed by atoms with E-state index in [0.29, 0.717) is 5.56 Å². The van der Waals surface area contributed by atoms with Crippen LogP contribution in [-0.4, -0.2) is 20.0 Å². The third kappa shape index (κ3) is 2.65. The fraction of sp³-hybridized carbons (Fsp3) is 0.417. The lowest BCUT2D eigenvalue weighted by atomic mass is 10.00. The van der Waals surface area contributed by atoms with Crippen LogP contribution in [0.2, 0.25) is 0 Å². The second-order valence-corrected chi connectivity index (χ2v) is 3.55. The topological polar surface area (TPSA) is 35.5 Å². The minimum absolute atomic E-state index is 0.0620. The molecule has 1 aromatic carbocycles. The molecule has 0 saturated carbocycles. The molecular weight excluding hydrogens is 211 g/mol. The molecule has 0 aliphatic rings. The van der Waals surface area contributed by atoms with E-state index in [1.54, 1.807) is 12.1 Å². The average molecular weight is 226 g/mol. The molecule has 0 aliphatic carbocycles. The number of carbonyl (C=O) groups is 1. The Bertz CT molecular complexity index is 355. The summed E-state index contributed by atoms with van der Waals surface area (Å²) in [6, 6.07) is 5.71. The maximum absolute atomic E-state index is 12.8. The highest BCUT2D eigenvalue weighted by Crippen LogP contribution is 2.30. The van der Waals surface area contributed by atoms with Gasteiger partial charge in [-0.05, 0) is 19.1 Å². The zero-order chi connectivity index (χ0) is 12.2. The number of ether oxygens (including phenoxy) is 2. The van der Waals surface area contributed by atoms with Crippen LogP contribution in [0.25, 0.3) is 0 Å². The number of carbonyl (C=O) groups excluding carboxylic acids is 1. The molecule has 0 atom stereocenters. The summed E-state index contributed by atoms with van der Waals surface area (Å²) in [5, 5.41) is 0. The van der Waals surface area contributed by atoms with Crippen molar-refractivity contribution < 1.29 is 18.7 Å². The van der Waals surface area contributed by atoms with Crippen LogP contribution < -0.4 is 0 Å². The fourth-order valence-corrected chi connectivity index (χ4v) is 1.60. The van der Waals surface area contributed by atoms with E-state index in [2.05, 4.69) is 0 Å². The van der Waals surface area contributed by atoms with Gasteiger partial charge in [0.1, 0.15) is 11.6 Å². The molecule has 0 aliphatic heterocycles. The Kier molecular flexibility index (Phi) is 4.15. The smallest absolute Gasteiger partial charge is 0.201 e. The Morgan fingerprint density at radius 1 is 1.25 bits per heavy atom. The molecule has 0 unspecified atom stereocenters. The molecule has 88 valence electrons. The van der Waals surface area contributed by atoms with Crippen molar-refractivity contribution in [1.29, 1.82) is 0 Å². The zero-order valence-corrected chi connectivity index (χ0v) is 9.62. The fourth-order valence-electron chi connectivity index (χ4n) is 1.60. The molecule has 0 N–H and O–H groups in total. The molecule has 0 radical (unpaired) electrons. The second-order valence-electron chi connectivity index (χ2n) is 3.55. The van der Waals surface area contributed by atoms with Crippen molar-refractivity contribution in [3.05, 3.63) is 35.6 Å². The summed E-state index contributed by atoms with van der Waals surface area (Å²) in [7, 11) is 2.91. The molecule has 4 heteroatoms. The number of hydrogen-bond acceptors (Lipinski definition) is 3. The molecule has 0 aromatic heterocycles. The standard InChI is InChI=1S/C12H15FO3/c1-9(14)8-12(15-2,16-3)10-4-6-11(13)7-5-10/h4-7H,8H2,1-3H3. The number of ketones is 1. The first-order chi connectivity index (χ1) is 7.54. The van der Waals surface area contributed by atoms with E-state index in [0.717, 1.165) is 0 Å². The van der Waals surface area contributed by atoms with Crippen LogP contribution in [0.4, 0.5) is 4.39 Å². The molecular formula is C12H15FO3. The Morgan fingerprint density at radius 3 is 2.12 bits per heavy atom. The molecule has 0 amide bonds. The molecule has 1 rings (SSSR count). The summed E-state index contributed by atoms with van der Waals surface area (Å²) < 4.78 is 23.3. The SMILES string of the molecule is COC(CC(C)=O)(OC)c1ccc(F)cc1. The third-order valence-corrected chi connectivity index (χ3v) is 2.43. The summed E-state index contributed by atoms with van der Waals surface area (Å²) >= 11 is 0. The van der Waals surface area contributed by atoms with Gasteiger partial charge in [-0.3, -0.25) is 4.79 Å². The van der Waals surface area contributed by atoms with Gasteiger partial charge in [-0.25, -0.2) is 4.39 Å². The van der Waals surface area contributed by atoms with Gasteiger partial charge in [0.2, 0.25) is 5.79 Å². The molecule has 16 heavy (non-hydrogen) atoms. The van der Waals surface area contributed by atoms with Crippen molar-refractivity contribution in [1.82, 2.24) is 0 Å². The first-order valence-electron chi connectivity index (χ1n) is 4.90. The molecule has 0 bridgehead atoms. The largest absolute Gasteiger partial charge is 0.349 e. The van der Waals surface area contributed by atoms with E-state index < -0.39 is 5.79 Å². The first kappa shape index (κ1) is 12.8. The van der Waals surface area contributed by atoms with Gasteiger partial charge in [-0.15, -0.1) is 0 Å².